The van der Waals surface area contributed by atoms with Crippen LogP contribution in [0.4, 0.5) is 11.4 Å². The number of carbonyl (C=O) groups is 1. The van der Waals surface area contributed by atoms with Gasteiger partial charge in [0.05, 0.1) is 17.0 Å². The van der Waals surface area contributed by atoms with Gasteiger partial charge in [0.2, 0.25) is 15.9 Å². The van der Waals surface area contributed by atoms with Gasteiger partial charge >= 0.3 is 0 Å². The van der Waals surface area contributed by atoms with Gasteiger partial charge in [0.25, 0.3) is 0 Å². The highest BCUT2D eigenvalue weighted by molar-refractivity contribution is 7.92. The summed E-state index contributed by atoms with van der Waals surface area (Å²) in [6.45, 7) is 1.90. The van der Waals surface area contributed by atoms with Crippen LogP contribution in [0.15, 0.2) is 18.2 Å². The van der Waals surface area contributed by atoms with Crippen molar-refractivity contribution in [1.82, 2.24) is 0 Å². The zero-order chi connectivity index (χ0) is 15.3. The third-order valence-electron chi connectivity index (χ3n) is 2.52. The van der Waals surface area contributed by atoms with Crippen molar-refractivity contribution in [2.24, 2.45) is 5.73 Å². The second kappa shape index (κ2) is 6.92. The number of benzene rings is 1. The van der Waals surface area contributed by atoms with Crippen LogP contribution in [0.1, 0.15) is 19.8 Å². The van der Waals surface area contributed by atoms with E-state index in [-0.39, 0.29) is 29.1 Å². The Morgan fingerprint density at radius 3 is 2.60 bits per heavy atom. The van der Waals surface area contributed by atoms with Gasteiger partial charge in [0, 0.05) is 18.2 Å². The molecule has 20 heavy (non-hydrogen) atoms. The first-order valence-corrected chi connectivity index (χ1v) is 8.31. The molecule has 0 aliphatic carbocycles. The molecular formula is C12H18ClN3O3S. The Morgan fingerprint density at radius 1 is 1.45 bits per heavy atom. The monoisotopic (exact) mass is 319 g/mol. The Balaban J connectivity index is 2.75. The van der Waals surface area contributed by atoms with Gasteiger partial charge in [-0.3, -0.25) is 9.52 Å². The quantitative estimate of drug-likeness (QED) is 0.743. The number of nitrogens with two attached hydrogens (primary N) is 1. The van der Waals surface area contributed by atoms with E-state index in [1.807, 2.05) is 6.92 Å². The molecule has 0 aliphatic heterocycles. The van der Waals surface area contributed by atoms with Gasteiger partial charge in [-0.1, -0.05) is 18.5 Å². The summed E-state index contributed by atoms with van der Waals surface area (Å²) in [5, 5.41) is 2.86. The van der Waals surface area contributed by atoms with Gasteiger partial charge in [-0.05, 0) is 24.6 Å². The van der Waals surface area contributed by atoms with E-state index >= 15 is 0 Å². The maximum Gasteiger partial charge on any atom is 0.229 e. The van der Waals surface area contributed by atoms with Crippen molar-refractivity contribution in [3.63, 3.8) is 0 Å². The van der Waals surface area contributed by atoms with Gasteiger partial charge < -0.3 is 11.1 Å². The van der Waals surface area contributed by atoms with Crippen LogP contribution in [0, 0.1) is 0 Å². The minimum Gasteiger partial charge on any atom is -0.327 e. The Hall–Kier alpha value is -1.31. The van der Waals surface area contributed by atoms with Gasteiger partial charge in [-0.25, -0.2) is 8.42 Å². The minimum atomic E-state index is -3.39. The first-order valence-electron chi connectivity index (χ1n) is 6.04. The van der Waals surface area contributed by atoms with Crippen LogP contribution in [-0.2, 0) is 14.8 Å². The van der Waals surface area contributed by atoms with Crippen molar-refractivity contribution >= 4 is 38.9 Å². The summed E-state index contributed by atoms with van der Waals surface area (Å²) >= 11 is 5.95. The first-order chi connectivity index (χ1) is 9.21. The van der Waals surface area contributed by atoms with Crippen molar-refractivity contribution in [3.05, 3.63) is 23.2 Å². The topological polar surface area (TPSA) is 101 Å². The number of nitrogens with one attached hydrogen (secondary N) is 2. The SMILES string of the molecule is CCC(N)CC(=O)Nc1ccc(NS(C)(=O)=O)c(Cl)c1. The van der Waals surface area contributed by atoms with E-state index in [1.165, 1.54) is 12.1 Å². The van der Waals surface area contributed by atoms with Gasteiger partial charge in [-0.15, -0.1) is 0 Å². The van der Waals surface area contributed by atoms with Crippen molar-refractivity contribution in [2.75, 3.05) is 16.3 Å². The maximum atomic E-state index is 11.7. The zero-order valence-corrected chi connectivity index (χ0v) is 12.9. The minimum absolute atomic E-state index is 0.184. The van der Waals surface area contributed by atoms with Gasteiger partial charge in [0.1, 0.15) is 0 Å². The molecule has 0 saturated heterocycles. The van der Waals surface area contributed by atoms with E-state index < -0.39 is 10.0 Å². The van der Waals surface area contributed by atoms with Crippen LogP contribution in [0.5, 0.6) is 0 Å². The molecule has 0 radical (unpaired) electrons. The zero-order valence-electron chi connectivity index (χ0n) is 11.3. The molecule has 1 atom stereocenters. The summed E-state index contributed by atoms with van der Waals surface area (Å²) in [5.41, 5.74) is 6.44. The van der Waals surface area contributed by atoms with Crippen LogP contribution < -0.4 is 15.8 Å². The summed E-state index contributed by atoms with van der Waals surface area (Å²) in [5.74, 6) is -0.209. The molecule has 6 nitrogen and oxygen atoms in total. The number of hydrogen-bond acceptors (Lipinski definition) is 4. The lowest BCUT2D eigenvalue weighted by Gasteiger charge is -2.11. The normalized spacial score (nSPS) is 12.8. The van der Waals surface area contributed by atoms with Crippen molar-refractivity contribution < 1.29 is 13.2 Å². The lowest BCUT2D eigenvalue weighted by atomic mass is 10.1. The fourth-order valence-corrected chi connectivity index (χ4v) is 2.33. The smallest absolute Gasteiger partial charge is 0.229 e. The van der Waals surface area contributed by atoms with E-state index in [2.05, 4.69) is 10.0 Å². The standard InChI is InChI=1S/C12H18ClN3O3S/c1-3-8(14)6-12(17)15-9-4-5-11(10(13)7-9)16-20(2,18)19/h4-5,7-8,16H,3,6,14H2,1-2H3,(H,15,17). The number of carbonyl (C=O) groups excluding carboxylic acids is 1. The lowest BCUT2D eigenvalue weighted by molar-refractivity contribution is -0.116. The second-order valence-corrected chi connectivity index (χ2v) is 6.65. The lowest BCUT2D eigenvalue weighted by Crippen LogP contribution is -2.26. The number of anilines is 2. The molecule has 0 aromatic heterocycles. The van der Waals surface area contributed by atoms with Crippen LogP contribution in [0.3, 0.4) is 0 Å². The molecule has 0 bridgehead atoms. The van der Waals surface area contributed by atoms with E-state index in [0.717, 1.165) is 6.26 Å². The van der Waals surface area contributed by atoms with E-state index in [1.54, 1.807) is 6.07 Å². The fourth-order valence-electron chi connectivity index (χ4n) is 1.47. The average Bonchev–Trinajstić information content (AvgIpc) is 2.31. The Morgan fingerprint density at radius 2 is 2.10 bits per heavy atom. The van der Waals surface area contributed by atoms with Crippen molar-refractivity contribution in [3.8, 4) is 0 Å². The fraction of sp³-hybridized carbons (Fsp3) is 0.417. The number of sulfonamides is 1. The summed E-state index contributed by atoms with van der Waals surface area (Å²) in [7, 11) is -3.39. The molecular weight excluding hydrogens is 302 g/mol. The highest BCUT2D eigenvalue weighted by Crippen LogP contribution is 2.26. The molecule has 112 valence electrons. The molecule has 0 heterocycles. The predicted octanol–water partition coefficient (Wildman–Crippen LogP) is 1.78. The van der Waals surface area contributed by atoms with Crippen LogP contribution in [0.2, 0.25) is 5.02 Å². The summed E-state index contributed by atoms with van der Waals surface area (Å²) < 4.78 is 24.5. The number of amides is 1. The Kier molecular flexibility index (Phi) is 5.79. The number of rotatable bonds is 6. The molecule has 1 aromatic rings. The summed E-state index contributed by atoms with van der Waals surface area (Å²) in [6.07, 6.45) is 1.97. The average molecular weight is 320 g/mol. The predicted molar refractivity (Wildman–Crippen MR) is 81.4 cm³/mol. The molecule has 1 aromatic carbocycles. The highest BCUT2D eigenvalue weighted by atomic mass is 35.5. The molecule has 4 N–H and O–H groups in total. The van der Waals surface area contributed by atoms with Crippen LogP contribution in [-0.4, -0.2) is 26.6 Å². The van der Waals surface area contributed by atoms with Crippen LogP contribution >= 0.6 is 11.6 Å². The third-order valence-corrected chi connectivity index (χ3v) is 3.42. The molecule has 8 heteroatoms. The van der Waals surface area contributed by atoms with E-state index in [9.17, 15) is 13.2 Å². The molecule has 1 unspecified atom stereocenters. The van der Waals surface area contributed by atoms with Crippen molar-refractivity contribution in [1.29, 1.82) is 0 Å². The van der Waals surface area contributed by atoms with Gasteiger partial charge in [-0.2, -0.15) is 0 Å². The summed E-state index contributed by atoms with van der Waals surface area (Å²) in [4.78, 5) is 11.7. The Bertz CT molecular complexity index is 590. The van der Waals surface area contributed by atoms with Crippen molar-refractivity contribution in [2.45, 2.75) is 25.8 Å². The van der Waals surface area contributed by atoms with Crippen LogP contribution in [0.25, 0.3) is 0 Å². The highest BCUT2D eigenvalue weighted by Gasteiger charge is 2.10. The molecule has 0 saturated carbocycles. The van der Waals surface area contributed by atoms with E-state index in [0.29, 0.717) is 12.1 Å². The Labute approximate surface area is 123 Å². The first kappa shape index (κ1) is 16.7. The molecule has 1 rings (SSSR count). The van der Waals surface area contributed by atoms with E-state index in [4.69, 9.17) is 17.3 Å². The molecule has 0 aliphatic rings. The molecule has 0 fully saturated rings. The maximum absolute atomic E-state index is 11.7. The number of halogens is 1. The third kappa shape index (κ3) is 5.77. The van der Waals surface area contributed by atoms with Gasteiger partial charge in [0.15, 0.2) is 0 Å². The second-order valence-electron chi connectivity index (χ2n) is 4.49. The largest absolute Gasteiger partial charge is 0.327 e. The molecule has 1 amide bonds. The summed E-state index contributed by atoms with van der Waals surface area (Å²) in [6, 6.07) is 4.34. The molecule has 0 spiro atoms. The number of hydrogen-bond donors (Lipinski definition) is 3.